The number of halogens is 3. The molecule has 1 N–H and O–H groups in total. The van der Waals surface area contributed by atoms with Crippen molar-refractivity contribution in [1.29, 1.82) is 0 Å². The van der Waals surface area contributed by atoms with Crippen LogP contribution in [0.25, 0.3) is 0 Å². The second-order valence-electron chi connectivity index (χ2n) is 7.53. The summed E-state index contributed by atoms with van der Waals surface area (Å²) in [5.41, 5.74) is 1.37. The molecule has 36 heavy (non-hydrogen) atoms. The van der Waals surface area contributed by atoms with Crippen LogP contribution in [0.1, 0.15) is 16.8 Å². The number of nitrogens with zero attached hydrogens (tertiary/aromatic N) is 3. The second-order valence-corrected chi connectivity index (χ2v) is 8.28. The number of hydrogen-bond acceptors (Lipinski definition) is 6. The number of carbonyl (C=O) groups excluding carboxylic acids is 2. The Hall–Kier alpha value is -3.69. The highest BCUT2D eigenvalue weighted by molar-refractivity contribution is 6.38. The summed E-state index contributed by atoms with van der Waals surface area (Å²) >= 11 is 12.8. The molecule has 1 aromatic heterocycles. The molecule has 0 saturated heterocycles. The van der Waals surface area contributed by atoms with Crippen molar-refractivity contribution >= 4 is 46.5 Å². The van der Waals surface area contributed by atoms with Crippen LogP contribution in [0.5, 0.6) is 11.5 Å². The van der Waals surface area contributed by atoms with Crippen LogP contribution in [0.3, 0.4) is 0 Å². The van der Waals surface area contributed by atoms with Gasteiger partial charge in [0, 0.05) is 31.2 Å². The molecule has 2 aromatic carbocycles. The molecule has 11 heteroatoms. The van der Waals surface area contributed by atoms with Crippen molar-refractivity contribution in [2.24, 2.45) is 0 Å². The van der Waals surface area contributed by atoms with Gasteiger partial charge in [0.15, 0.2) is 0 Å². The van der Waals surface area contributed by atoms with Gasteiger partial charge < -0.3 is 14.8 Å². The Morgan fingerprint density at radius 3 is 2.42 bits per heavy atom. The van der Waals surface area contributed by atoms with Crippen molar-refractivity contribution in [2.45, 2.75) is 12.8 Å². The van der Waals surface area contributed by atoms with Crippen LogP contribution in [0.15, 0.2) is 49.3 Å². The molecule has 0 radical (unpaired) electrons. The monoisotopic (exact) mass is 532 g/mol. The zero-order chi connectivity index (χ0) is 26.4. The van der Waals surface area contributed by atoms with Gasteiger partial charge in [-0.05, 0) is 17.7 Å². The third-order valence-corrected chi connectivity index (χ3v) is 6.15. The molecule has 3 rings (SSSR count). The first-order chi connectivity index (χ1) is 17.2. The van der Waals surface area contributed by atoms with Gasteiger partial charge in [0.05, 0.1) is 42.1 Å². The Kier molecular flexibility index (Phi) is 8.84. The summed E-state index contributed by atoms with van der Waals surface area (Å²) in [6, 6.07) is 7.57. The molecule has 0 atom stereocenters. The summed E-state index contributed by atoms with van der Waals surface area (Å²) in [5.74, 6) is -0.541. The summed E-state index contributed by atoms with van der Waals surface area (Å²) < 4.78 is 24.9. The number of amides is 2. The number of para-hydroxylation sites is 1. The van der Waals surface area contributed by atoms with Crippen molar-refractivity contribution in [3.8, 4) is 11.5 Å². The van der Waals surface area contributed by atoms with Crippen LogP contribution in [0, 0.1) is 5.82 Å². The maximum absolute atomic E-state index is 14.4. The van der Waals surface area contributed by atoms with E-state index in [0.29, 0.717) is 34.1 Å². The normalized spacial score (nSPS) is 10.5. The fourth-order valence-corrected chi connectivity index (χ4v) is 4.02. The minimum atomic E-state index is -0.591. The fourth-order valence-electron chi connectivity index (χ4n) is 3.38. The van der Waals surface area contributed by atoms with Crippen molar-refractivity contribution in [3.05, 3.63) is 82.0 Å². The zero-order valence-corrected chi connectivity index (χ0v) is 21.3. The van der Waals surface area contributed by atoms with E-state index >= 15 is 0 Å². The number of nitrogens with one attached hydrogen (secondary N) is 1. The third-order valence-electron chi connectivity index (χ3n) is 5.32. The SMILES string of the molecule is C=CC(=O)Nc1c(F)cccc1Cc1cc(N(C)C(=O)Cc2c(Cl)c(OC)cc(OC)c2Cl)ncn1. The second kappa shape index (κ2) is 11.8. The number of aromatic nitrogens is 2. The Labute approximate surface area is 217 Å². The molecule has 188 valence electrons. The number of ether oxygens (including phenoxy) is 2. The topological polar surface area (TPSA) is 93.7 Å². The lowest BCUT2D eigenvalue weighted by Gasteiger charge is -2.19. The summed E-state index contributed by atoms with van der Waals surface area (Å²) in [6.07, 6.45) is 2.37. The van der Waals surface area contributed by atoms with E-state index in [1.165, 1.54) is 43.6 Å². The van der Waals surface area contributed by atoms with E-state index in [1.807, 2.05) is 0 Å². The number of likely N-dealkylation sites (N-methyl/N-ethyl adjacent to an activating group) is 1. The highest BCUT2D eigenvalue weighted by atomic mass is 35.5. The van der Waals surface area contributed by atoms with E-state index in [1.54, 1.807) is 19.2 Å². The molecule has 0 bridgehead atoms. The van der Waals surface area contributed by atoms with Gasteiger partial charge in [-0.3, -0.25) is 14.5 Å². The molecule has 0 unspecified atom stereocenters. The van der Waals surface area contributed by atoms with Gasteiger partial charge in [-0.25, -0.2) is 14.4 Å². The predicted molar refractivity (Wildman–Crippen MR) is 137 cm³/mol. The van der Waals surface area contributed by atoms with E-state index in [4.69, 9.17) is 32.7 Å². The Bertz CT molecular complexity index is 1290. The molecule has 2 amide bonds. The predicted octanol–water partition coefficient (Wildman–Crippen LogP) is 4.86. The first-order valence-corrected chi connectivity index (χ1v) is 11.3. The lowest BCUT2D eigenvalue weighted by molar-refractivity contribution is -0.117. The standard InChI is InChI=1S/C25H23Cl2FN4O4/c1-5-21(33)31-25-14(7-6-8-17(25)28)9-15-10-20(30-13-29-15)32(2)22(34)11-16-23(26)18(35-3)12-19(36-4)24(16)27/h5-8,10,12-13H,1,9,11H2,2-4H3,(H,31,33). The quantitative estimate of drug-likeness (QED) is 0.395. The van der Waals surface area contributed by atoms with Crippen LogP contribution in [-0.4, -0.2) is 43.0 Å². The minimum absolute atomic E-state index is 0.0308. The van der Waals surface area contributed by atoms with Crippen LogP contribution in [-0.2, 0) is 22.4 Å². The first kappa shape index (κ1) is 26.9. The summed E-state index contributed by atoms with van der Waals surface area (Å²) in [6.45, 7) is 3.38. The smallest absolute Gasteiger partial charge is 0.247 e. The number of methoxy groups -OCH3 is 2. The van der Waals surface area contributed by atoms with Gasteiger partial charge in [0.1, 0.15) is 29.5 Å². The third kappa shape index (κ3) is 5.92. The average molecular weight is 533 g/mol. The molecule has 0 aliphatic rings. The van der Waals surface area contributed by atoms with Crippen molar-refractivity contribution < 1.29 is 23.5 Å². The molecule has 8 nitrogen and oxygen atoms in total. The molecule has 0 fully saturated rings. The minimum Gasteiger partial charge on any atom is -0.495 e. The van der Waals surface area contributed by atoms with Gasteiger partial charge in [-0.15, -0.1) is 0 Å². The van der Waals surface area contributed by atoms with Gasteiger partial charge in [-0.2, -0.15) is 0 Å². The summed E-state index contributed by atoms with van der Waals surface area (Å²) in [5, 5.41) is 2.88. The first-order valence-electron chi connectivity index (χ1n) is 10.6. The van der Waals surface area contributed by atoms with Crippen LogP contribution in [0.2, 0.25) is 10.0 Å². The lowest BCUT2D eigenvalue weighted by Crippen LogP contribution is -2.29. The molecule has 0 saturated carbocycles. The highest BCUT2D eigenvalue weighted by Gasteiger charge is 2.22. The average Bonchev–Trinajstić information content (AvgIpc) is 2.88. The van der Waals surface area contributed by atoms with E-state index in [0.717, 1.165) is 6.08 Å². The fraction of sp³-hybridized carbons (Fsp3) is 0.200. The highest BCUT2D eigenvalue weighted by Crippen LogP contribution is 2.40. The maximum atomic E-state index is 14.4. The largest absolute Gasteiger partial charge is 0.495 e. The number of anilines is 2. The van der Waals surface area contributed by atoms with Crippen LogP contribution >= 0.6 is 23.2 Å². The van der Waals surface area contributed by atoms with Crippen LogP contribution < -0.4 is 19.7 Å². The van der Waals surface area contributed by atoms with Gasteiger partial charge in [0.2, 0.25) is 11.8 Å². The van der Waals surface area contributed by atoms with Gasteiger partial charge in [-0.1, -0.05) is 41.9 Å². The summed E-state index contributed by atoms with van der Waals surface area (Å²) in [4.78, 5) is 34.6. The van der Waals surface area contributed by atoms with E-state index in [2.05, 4.69) is 21.9 Å². The molecule has 3 aromatic rings. The number of rotatable bonds is 9. The van der Waals surface area contributed by atoms with E-state index in [9.17, 15) is 14.0 Å². The summed E-state index contributed by atoms with van der Waals surface area (Å²) in [7, 11) is 4.44. The number of carbonyl (C=O) groups is 2. The van der Waals surface area contributed by atoms with Crippen molar-refractivity contribution in [1.82, 2.24) is 9.97 Å². The van der Waals surface area contributed by atoms with Gasteiger partial charge >= 0.3 is 0 Å². The number of hydrogen-bond donors (Lipinski definition) is 1. The lowest BCUT2D eigenvalue weighted by atomic mass is 10.1. The van der Waals surface area contributed by atoms with Crippen LogP contribution in [0.4, 0.5) is 15.9 Å². The molecule has 1 heterocycles. The molecule has 0 aliphatic heterocycles. The Balaban J connectivity index is 1.86. The molecule has 0 aliphatic carbocycles. The molecular formula is C25H23Cl2FN4O4. The van der Waals surface area contributed by atoms with Crippen molar-refractivity contribution in [2.75, 3.05) is 31.5 Å². The van der Waals surface area contributed by atoms with E-state index in [-0.39, 0.29) is 34.5 Å². The Morgan fingerprint density at radius 2 is 1.81 bits per heavy atom. The maximum Gasteiger partial charge on any atom is 0.247 e. The Morgan fingerprint density at radius 1 is 1.14 bits per heavy atom. The number of benzene rings is 2. The van der Waals surface area contributed by atoms with Gasteiger partial charge in [0.25, 0.3) is 0 Å². The zero-order valence-electron chi connectivity index (χ0n) is 19.8. The molecule has 0 spiro atoms. The van der Waals surface area contributed by atoms with Crippen molar-refractivity contribution in [3.63, 3.8) is 0 Å². The molecular weight excluding hydrogens is 510 g/mol. The van der Waals surface area contributed by atoms with E-state index < -0.39 is 11.7 Å².